The van der Waals surface area contributed by atoms with Gasteiger partial charge >= 0.3 is 130 Å². The van der Waals surface area contributed by atoms with E-state index in [2.05, 4.69) is 37.3 Å². The first-order valence-electron chi connectivity index (χ1n) is 8.72. The molecule has 1 rings (SSSR count). The molecule has 0 amide bonds. The molecule has 2 radical (unpaired) electrons. The van der Waals surface area contributed by atoms with E-state index >= 15 is 0 Å². The normalized spacial score (nSPS) is 10.8. The fraction of sp³-hybridized carbons (Fsp3) is 0.684. The summed E-state index contributed by atoms with van der Waals surface area (Å²) in [5.41, 5.74) is 0. The molecule has 0 atom stereocenters. The first-order valence-corrected chi connectivity index (χ1v) is 12.2. The Balaban J connectivity index is 1.77. The van der Waals surface area contributed by atoms with E-state index in [1.807, 2.05) is 0 Å². The zero-order chi connectivity index (χ0) is 14.3. The second-order valence-corrected chi connectivity index (χ2v) is 9.91. The molecule has 0 aliphatic carbocycles. The van der Waals surface area contributed by atoms with Crippen molar-refractivity contribution in [3.8, 4) is 0 Å². The van der Waals surface area contributed by atoms with Crippen LogP contribution in [0.1, 0.15) is 77.6 Å². The van der Waals surface area contributed by atoms with Crippen LogP contribution in [0, 0.1) is 0 Å². The van der Waals surface area contributed by atoms with Crippen molar-refractivity contribution in [1.82, 2.24) is 0 Å². The molecular formula is C19H32Sn. The number of unbranched alkanes of at least 4 members (excludes halogenated alkanes) is 10. The second kappa shape index (κ2) is 14.0. The van der Waals surface area contributed by atoms with E-state index in [0.717, 1.165) is 0 Å². The summed E-state index contributed by atoms with van der Waals surface area (Å²) in [5, 5.41) is 0. The Hall–Kier alpha value is 0.0187. The maximum absolute atomic E-state index is 2.32. The van der Waals surface area contributed by atoms with Crippen LogP contribution < -0.4 is 3.58 Å². The minimum absolute atomic E-state index is 0.243. The van der Waals surface area contributed by atoms with Gasteiger partial charge in [0.05, 0.1) is 0 Å². The van der Waals surface area contributed by atoms with Gasteiger partial charge < -0.3 is 0 Å². The molecule has 0 saturated heterocycles. The molecule has 0 nitrogen and oxygen atoms in total. The van der Waals surface area contributed by atoms with E-state index in [1.54, 1.807) is 3.58 Å². The molecule has 0 bridgehead atoms. The van der Waals surface area contributed by atoms with Crippen LogP contribution >= 0.6 is 0 Å². The van der Waals surface area contributed by atoms with Crippen LogP contribution in [0.3, 0.4) is 0 Å². The maximum atomic E-state index is 2.32. The molecule has 0 unspecified atom stereocenters. The molecule has 0 spiro atoms. The Morgan fingerprint density at radius 3 is 1.70 bits per heavy atom. The van der Waals surface area contributed by atoms with E-state index in [-0.39, 0.29) is 21.1 Å². The first kappa shape index (κ1) is 18.1. The third-order valence-corrected chi connectivity index (χ3v) is 7.72. The average molecular weight is 379 g/mol. The number of rotatable bonds is 13. The van der Waals surface area contributed by atoms with Crippen molar-refractivity contribution >= 4 is 24.7 Å². The van der Waals surface area contributed by atoms with Gasteiger partial charge in [-0.3, -0.25) is 0 Å². The first-order chi connectivity index (χ1) is 9.93. The Labute approximate surface area is 137 Å². The third kappa shape index (κ3) is 10.8. The summed E-state index contributed by atoms with van der Waals surface area (Å²) in [7, 11) is 0. The standard InChI is InChI=1S/C13H27.C6H5.Sn/c1-3-5-7-9-11-13-12-10-8-6-4-2;1-2-4-6-5-3-1;/h1,3-13H2,2H3;1-5H;. The van der Waals surface area contributed by atoms with Gasteiger partial charge in [-0.05, 0) is 0 Å². The molecular weight excluding hydrogens is 347 g/mol. The Bertz CT molecular complexity index is 294. The van der Waals surface area contributed by atoms with Crippen LogP contribution in [0.15, 0.2) is 30.3 Å². The van der Waals surface area contributed by atoms with E-state index in [9.17, 15) is 0 Å². The molecule has 0 N–H and O–H groups in total. The summed E-state index contributed by atoms with van der Waals surface area (Å²) in [6, 6.07) is 11.2. The van der Waals surface area contributed by atoms with Crippen LogP contribution in [0.4, 0.5) is 0 Å². The Kier molecular flexibility index (Phi) is 12.6. The van der Waals surface area contributed by atoms with Crippen LogP contribution in [0.5, 0.6) is 0 Å². The van der Waals surface area contributed by atoms with Crippen molar-refractivity contribution in [2.24, 2.45) is 0 Å². The molecule has 1 heteroatoms. The zero-order valence-electron chi connectivity index (χ0n) is 13.4. The van der Waals surface area contributed by atoms with Crippen LogP contribution in [0.2, 0.25) is 4.44 Å². The SMILES string of the molecule is CCCCCCCCCCCC[CH2][Sn][c]1ccccc1. The van der Waals surface area contributed by atoms with Crippen molar-refractivity contribution in [1.29, 1.82) is 0 Å². The van der Waals surface area contributed by atoms with Gasteiger partial charge in [0, 0.05) is 0 Å². The van der Waals surface area contributed by atoms with Crippen LogP contribution in [-0.4, -0.2) is 21.1 Å². The van der Waals surface area contributed by atoms with Gasteiger partial charge in [0.1, 0.15) is 0 Å². The molecule has 0 fully saturated rings. The Morgan fingerprint density at radius 2 is 1.15 bits per heavy atom. The van der Waals surface area contributed by atoms with Crippen molar-refractivity contribution in [3.63, 3.8) is 0 Å². The molecule has 1 aromatic rings. The van der Waals surface area contributed by atoms with Gasteiger partial charge in [-0.2, -0.15) is 0 Å². The van der Waals surface area contributed by atoms with Crippen molar-refractivity contribution in [2.45, 2.75) is 82.0 Å². The predicted molar refractivity (Wildman–Crippen MR) is 93.1 cm³/mol. The quantitative estimate of drug-likeness (QED) is 0.303. The van der Waals surface area contributed by atoms with Crippen molar-refractivity contribution in [2.75, 3.05) is 0 Å². The summed E-state index contributed by atoms with van der Waals surface area (Å²) in [5.74, 6) is 0. The summed E-state index contributed by atoms with van der Waals surface area (Å²) < 4.78 is 3.20. The predicted octanol–water partition coefficient (Wildman–Crippen LogP) is 5.75. The molecule has 112 valence electrons. The van der Waals surface area contributed by atoms with Gasteiger partial charge in [0.25, 0.3) is 0 Å². The van der Waals surface area contributed by atoms with Gasteiger partial charge in [0.2, 0.25) is 0 Å². The van der Waals surface area contributed by atoms with Gasteiger partial charge in [-0.25, -0.2) is 0 Å². The monoisotopic (exact) mass is 380 g/mol. The molecule has 0 aliphatic heterocycles. The molecule has 20 heavy (non-hydrogen) atoms. The number of benzene rings is 1. The van der Waals surface area contributed by atoms with E-state index in [0.29, 0.717) is 0 Å². The van der Waals surface area contributed by atoms with E-state index in [4.69, 9.17) is 0 Å². The molecule has 0 saturated carbocycles. The summed E-state index contributed by atoms with van der Waals surface area (Å²) >= 11 is -0.243. The fourth-order valence-electron chi connectivity index (χ4n) is 2.58. The van der Waals surface area contributed by atoms with Crippen LogP contribution in [-0.2, 0) is 0 Å². The fourth-order valence-corrected chi connectivity index (χ4v) is 5.84. The summed E-state index contributed by atoms with van der Waals surface area (Å²) in [6.45, 7) is 2.29. The third-order valence-electron chi connectivity index (χ3n) is 3.88. The van der Waals surface area contributed by atoms with Crippen molar-refractivity contribution < 1.29 is 0 Å². The number of hydrogen-bond donors (Lipinski definition) is 0. The molecule has 0 aromatic heterocycles. The molecule has 0 heterocycles. The Morgan fingerprint density at radius 1 is 0.650 bits per heavy atom. The van der Waals surface area contributed by atoms with Gasteiger partial charge in [0.15, 0.2) is 0 Å². The average Bonchev–Trinajstić information content (AvgIpc) is 2.49. The zero-order valence-corrected chi connectivity index (χ0v) is 16.2. The molecule has 1 aromatic carbocycles. The second-order valence-electron chi connectivity index (χ2n) is 5.83. The van der Waals surface area contributed by atoms with E-state index < -0.39 is 0 Å². The van der Waals surface area contributed by atoms with Crippen molar-refractivity contribution in [3.05, 3.63) is 30.3 Å². The minimum atomic E-state index is -0.243. The van der Waals surface area contributed by atoms with Crippen LogP contribution in [0.25, 0.3) is 0 Å². The summed E-state index contributed by atoms with van der Waals surface area (Å²) in [6.07, 6.45) is 16.1. The summed E-state index contributed by atoms with van der Waals surface area (Å²) in [4.78, 5) is 0. The van der Waals surface area contributed by atoms with Gasteiger partial charge in [-0.15, -0.1) is 0 Å². The molecule has 0 aliphatic rings. The van der Waals surface area contributed by atoms with E-state index in [1.165, 1.54) is 75.1 Å². The topological polar surface area (TPSA) is 0 Å². The van der Waals surface area contributed by atoms with Gasteiger partial charge in [-0.1, -0.05) is 6.92 Å². The number of hydrogen-bond acceptors (Lipinski definition) is 0.